The molecule has 29 heavy (non-hydrogen) atoms. The van der Waals surface area contributed by atoms with Crippen molar-refractivity contribution >= 4 is 10.9 Å². The molecule has 0 spiro atoms. The molecule has 0 atom stereocenters. The summed E-state index contributed by atoms with van der Waals surface area (Å²) in [6.45, 7) is 0. The van der Waals surface area contributed by atoms with Crippen LogP contribution in [-0.4, -0.2) is 10.1 Å². The lowest BCUT2D eigenvalue weighted by atomic mass is 9.65. The van der Waals surface area contributed by atoms with E-state index in [1.54, 1.807) is 12.1 Å². The number of aromatic amines is 1. The molecule has 0 unspecified atom stereocenters. The fourth-order valence-electron chi connectivity index (χ4n) is 4.44. The van der Waals surface area contributed by atoms with Gasteiger partial charge in [-0.2, -0.15) is 0 Å². The van der Waals surface area contributed by atoms with Gasteiger partial charge in [0.05, 0.1) is 5.41 Å². The summed E-state index contributed by atoms with van der Waals surface area (Å²) < 4.78 is 0. The number of rotatable bonds is 4. The van der Waals surface area contributed by atoms with E-state index in [4.69, 9.17) is 0 Å². The number of hydrogen-bond donors (Lipinski definition) is 2. The summed E-state index contributed by atoms with van der Waals surface area (Å²) in [5, 5.41) is 11.1. The van der Waals surface area contributed by atoms with Crippen LogP contribution in [-0.2, 0) is 5.41 Å². The minimum Gasteiger partial charge on any atom is -0.508 e. The van der Waals surface area contributed by atoms with Gasteiger partial charge in [-0.3, -0.25) is 0 Å². The lowest BCUT2D eigenvalue weighted by molar-refractivity contribution is 0.475. The molecule has 5 aromatic rings. The number of para-hydroxylation sites is 1. The van der Waals surface area contributed by atoms with Gasteiger partial charge in [0.1, 0.15) is 5.75 Å². The van der Waals surface area contributed by atoms with Gasteiger partial charge in [0.2, 0.25) is 0 Å². The average molecular weight is 375 g/mol. The van der Waals surface area contributed by atoms with Crippen molar-refractivity contribution in [3.05, 3.63) is 138 Å². The first kappa shape index (κ1) is 17.3. The summed E-state index contributed by atoms with van der Waals surface area (Å²) in [5.41, 5.74) is 5.25. The van der Waals surface area contributed by atoms with Gasteiger partial charge in [0.25, 0.3) is 0 Å². The smallest absolute Gasteiger partial charge is 0.115 e. The predicted molar refractivity (Wildman–Crippen MR) is 118 cm³/mol. The molecule has 0 bridgehead atoms. The van der Waals surface area contributed by atoms with Crippen molar-refractivity contribution in [1.82, 2.24) is 4.98 Å². The summed E-state index contributed by atoms with van der Waals surface area (Å²) in [5.74, 6) is 0.266. The zero-order valence-corrected chi connectivity index (χ0v) is 15.9. The van der Waals surface area contributed by atoms with Crippen molar-refractivity contribution in [2.24, 2.45) is 0 Å². The van der Waals surface area contributed by atoms with Crippen LogP contribution in [0.5, 0.6) is 5.75 Å². The van der Waals surface area contributed by atoms with Crippen LogP contribution in [0.4, 0.5) is 0 Å². The van der Waals surface area contributed by atoms with Gasteiger partial charge in [0.15, 0.2) is 0 Å². The fourth-order valence-corrected chi connectivity index (χ4v) is 4.44. The maximum absolute atomic E-state index is 9.96. The highest BCUT2D eigenvalue weighted by molar-refractivity contribution is 5.87. The largest absolute Gasteiger partial charge is 0.508 e. The Morgan fingerprint density at radius 1 is 0.552 bits per heavy atom. The second-order valence-electron chi connectivity index (χ2n) is 7.28. The summed E-state index contributed by atoms with van der Waals surface area (Å²) in [6, 6.07) is 37.2. The third kappa shape index (κ3) is 2.73. The second-order valence-corrected chi connectivity index (χ2v) is 7.28. The van der Waals surface area contributed by atoms with Gasteiger partial charge in [-0.05, 0) is 40.5 Å². The van der Waals surface area contributed by atoms with Crippen LogP contribution >= 0.6 is 0 Å². The molecular formula is C27H21NO. The molecule has 1 heterocycles. The third-order valence-corrected chi connectivity index (χ3v) is 5.71. The van der Waals surface area contributed by atoms with E-state index in [0.717, 1.165) is 11.1 Å². The lowest BCUT2D eigenvalue weighted by Gasteiger charge is -2.36. The Balaban J connectivity index is 1.95. The molecular weight excluding hydrogens is 354 g/mol. The number of benzene rings is 4. The van der Waals surface area contributed by atoms with Crippen LogP contribution in [0.2, 0.25) is 0 Å². The normalized spacial score (nSPS) is 11.6. The summed E-state index contributed by atoms with van der Waals surface area (Å²) >= 11 is 0. The van der Waals surface area contributed by atoms with Crippen molar-refractivity contribution < 1.29 is 5.11 Å². The van der Waals surface area contributed by atoms with Crippen molar-refractivity contribution in [2.75, 3.05) is 0 Å². The molecule has 2 heteroatoms. The molecule has 0 aliphatic heterocycles. The van der Waals surface area contributed by atoms with E-state index in [-0.39, 0.29) is 5.75 Å². The minimum atomic E-state index is -0.518. The Labute approximate surface area is 170 Å². The van der Waals surface area contributed by atoms with E-state index in [1.807, 2.05) is 24.3 Å². The number of aromatic nitrogens is 1. The Morgan fingerprint density at radius 2 is 1.07 bits per heavy atom. The quantitative estimate of drug-likeness (QED) is 0.358. The highest BCUT2D eigenvalue weighted by Gasteiger charge is 2.39. The van der Waals surface area contributed by atoms with Crippen LogP contribution < -0.4 is 0 Å². The van der Waals surface area contributed by atoms with E-state index in [0.29, 0.717) is 0 Å². The van der Waals surface area contributed by atoms with Gasteiger partial charge < -0.3 is 10.1 Å². The Hall–Kier alpha value is -3.78. The molecule has 0 saturated heterocycles. The SMILES string of the molecule is Oc1ccc(C(c2ccccc2)(c2ccccc2)c2c[nH]c3ccccc23)cc1. The Morgan fingerprint density at radius 3 is 1.69 bits per heavy atom. The van der Waals surface area contributed by atoms with Crippen LogP contribution in [0.1, 0.15) is 22.3 Å². The number of aromatic hydroxyl groups is 1. The Kier molecular flexibility index (Phi) is 4.18. The molecule has 5 rings (SSSR count). The molecule has 0 saturated carbocycles. The van der Waals surface area contributed by atoms with E-state index in [2.05, 4.69) is 84.0 Å². The van der Waals surface area contributed by atoms with Gasteiger partial charge in [-0.25, -0.2) is 0 Å². The molecule has 0 fully saturated rings. The van der Waals surface area contributed by atoms with Gasteiger partial charge >= 0.3 is 0 Å². The molecule has 0 amide bonds. The van der Waals surface area contributed by atoms with Crippen molar-refractivity contribution in [2.45, 2.75) is 5.41 Å². The standard InChI is InChI=1S/C27H21NO/c29-23-17-15-22(16-18-23)27(20-9-3-1-4-10-20,21-11-5-2-6-12-21)25-19-28-26-14-8-7-13-24(25)26/h1-19,28-29H. The summed E-state index contributed by atoms with van der Waals surface area (Å²) in [6.07, 6.45) is 2.12. The van der Waals surface area contributed by atoms with Gasteiger partial charge in [-0.15, -0.1) is 0 Å². The first-order chi connectivity index (χ1) is 14.3. The maximum atomic E-state index is 9.96. The zero-order valence-electron chi connectivity index (χ0n) is 15.9. The number of phenolic OH excluding ortho intramolecular Hbond substituents is 1. The average Bonchev–Trinajstić information content (AvgIpc) is 3.22. The first-order valence-corrected chi connectivity index (χ1v) is 9.77. The zero-order chi connectivity index (χ0) is 19.7. The van der Waals surface area contributed by atoms with Crippen LogP contribution in [0.3, 0.4) is 0 Å². The third-order valence-electron chi connectivity index (χ3n) is 5.71. The molecule has 0 radical (unpaired) electrons. The van der Waals surface area contributed by atoms with Crippen LogP contribution in [0.25, 0.3) is 10.9 Å². The fraction of sp³-hybridized carbons (Fsp3) is 0.0370. The van der Waals surface area contributed by atoms with E-state index < -0.39 is 5.41 Å². The lowest BCUT2D eigenvalue weighted by Crippen LogP contribution is -2.30. The molecule has 4 aromatic carbocycles. The monoisotopic (exact) mass is 375 g/mol. The van der Waals surface area contributed by atoms with Gasteiger partial charge in [-0.1, -0.05) is 91.0 Å². The van der Waals surface area contributed by atoms with Gasteiger partial charge in [0, 0.05) is 17.1 Å². The predicted octanol–water partition coefficient (Wildman–Crippen LogP) is 6.26. The molecule has 140 valence electrons. The highest BCUT2D eigenvalue weighted by atomic mass is 16.3. The second kappa shape index (κ2) is 6.99. The van der Waals surface area contributed by atoms with Crippen LogP contribution in [0, 0.1) is 0 Å². The topological polar surface area (TPSA) is 36.0 Å². The number of H-pyrrole nitrogens is 1. The van der Waals surface area contributed by atoms with E-state index in [1.165, 1.54) is 22.1 Å². The maximum Gasteiger partial charge on any atom is 0.115 e. The van der Waals surface area contributed by atoms with E-state index >= 15 is 0 Å². The highest BCUT2D eigenvalue weighted by Crippen LogP contribution is 2.47. The number of hydrogen-bond acceptors (Lipinski definition) is 1. The van der Waals surface area contributed by atoms with Crippen molar-refractivity contribution in [1.29, 1.82) is 0 Å². The number of fused-ring (bicyclic) bond motifs is 1. The number of phenols is 1. The minimum absolute atomic E-state index is 0.266. The number of nitrogens with one attached hydrogen (secondary N) is 1. The molecule has 1 aromatic heterocycles. The molecule has 2 nitrogen and oxygen atoms in total. The molecule has 0 aliphatic carbocycles. The summed E-state index contributed by atoms with van der Waals surface area (Å²) in [7, 11) is 0. The first-order valence-electron chi connectivity index (χ1n) is 9.77. The molecule has 2 N–H and O–H groups in total. The molecule has 0 aliphatic rings. The van der Waals surface area contributed by atoms with Crippen molar-refractivity contribution in [3.63, 3.8) is 0 Å². The summed E-state index contributed by atoms with van der Waals surface area (Å²) in [4.78, 5) is 3.46. The Bertz CT molecular complexity index is 1200. The van der Waals surface area contributed by atoms with Crippen molar-refractivity contribution in [3.8, 4) is 5.75 Å². The van der Waals surface area contributed by atoms with Crippen LogP contribution in [0.15, 0.2) is 115 Å². The van der Waals surface area contributed by atoms with E-state index in [9.17, 15) is 5.11 Å².